The fraction of sp³-hybridized carbons (Fsp3) is 0.615. The van der Waals surface area contributed by atoms with Gasteiger partial charge in [-0.2, -0.15) is 0 Å². The number of nitrogens with zero attached hydrogens (tertiary/aromatic N) is 1. The van der Waals surface area contributed by atoms with Gasteiger partial charge in [-0.05, 0) is 37.9 Å². The first-order valence-electron chi connectivity index (χ1n) is 6.36. The third kappa shape index (κ3) is 4.23. The number of nitrogens with one attached hydrogen (secondary N) is 2. The molecule has 0 bridgehead atoms. The van der Waals surface area contributed by atoms with Crippen molar-refractivity contribution in [2.24, 2.45) is 7.05 Å². The molecule has 17 heavy (non-hydrogen) atoms. The van der Waals surface area contributed by atoms with E-state index in [0.29, 0.717) is 12.5 Å². The van der Waals surface area contributed by atoms with Crippen LogP contribution in [-0.2, 0) is 18.4 Å². The summed E-state index contributed by atoms with van der Waals surface area (Å²) in [6, 6.07) is 4.63. The molecule has 1 saturated carbocycles. The molecule has 0 aromatic carbocycles. The zero-order valence-corrected chi connectivity index (χ0v) is 10.4. The number of aryl methyl sites for hydroxylation is 1. The molecule has 1 aliphatic rings. The molecule has 0 aliphatic heterocycles. The zero-order chi connectivity index (χ0) is 12.1. The Balaban J connectivity index is 1.51. The molecule has 0 spiro atoms. The Bertz CT molecular complexity index is 368. The Morgan fingerprint density at radius 1 is 1.53 bits per heavy atom. The van der Waals surface area contributed by atoms with E-state index >= 15 is 0 Å². The van der Waals surface area contributed by atoms with Crippen molar-refractivity contribution in [1.82, 2.24) is 15.2 Å². The van der Waals surface area contributed by atoms with Crippen molar-refractivity contribution in [2.75, 3.05) is 6.54 Å². The van der Waals surface area contributed by atoms with Crippen LogP contribution in [0.1, 0.15) is 31.4 Å². The molecule has 1 aromatic rings. The van der Waals surface area contributed by atoms with Crippen LogP contribution in [-0.4, -0.2) is 23.1 Å². The second-order valence-corrected chi connectivity index (χ2v) is 4.73. The first kappa shape index (κ1) is 12.2. The third-order valence-electron chi connectivity index (χ3n) is 3.06. The van der Waals surface area contributed by atoms with Crippen molar-refractivity contribution >= 4 is 5.91 Å². The minimum atomic E-state index is 0.202. The molecule has 1 heterocycles. The Labute approximate surface area is 102 Å². The zero-order valence-electron chi connectivity index (χ0n) is 10.4. The van der Waals surface area contributed by atoms with Gasteiger partial charge in [0.1, 0.15) is 0 Å². The number of carbonyl (C=O) groups is 1. The summed E-state index contributed by atoms with van der Waals surface area (Å²) < 4.78 is 2.10. The molecule has 94 valence electrons. The van der Waals surface area contributed by atoms with E-state index in [1.165, 1.54) is 5.69 Å². The summed E-state index contributed by atoms with van der Waals surface area (Å²) in [6.45, 7) is 1.76. The van der Waals surface area contributed by atoms with Crippen LogP contribution in [0.5, 0.6) is 0 Å². The van der Waals surface area contributed by atoms with Crippen molar-refractivity contribution in [1.29, 1.82) is 0 Å². The van der Waals surface area contributed by atoms with Gasteiger partial charge in [-0.1, -0.05) is 0 Å². The molecule has 2 N–H and O–H groups in total. The first-order valence-corrected chi connectivity index (χ1v) is 6.36. The molecular weight excluding hydrogens is 214 g/mol. The van der Waals surface area contributed by atoms with Crippen molar-refractivity contribution in [3.8, 4) is 0 Å². The second-order valence-electron chi connectivity index (χ2n) is 4.73. The molecule has 1 fully saturated rings. The number of amides is 1. The molecule has 0 unspecified atom stereocenters. The molecule has 2 rings (SSSR count). The summed E-state index contributed by atoms with van der Waals surface area (Å²) in [4.78, 5) is 11.4. The van der Waals surface area contributed by atoms with Crippen molar-refractivity contribution in [3.63, 3.8) is 0 Å². The lowest BCUT2D eigenvalue weighted by molar-refractivity contribution is -0.121. The summed E-state index contributed by atoms with van der Waals surface area (Å²) in [5, 5.41) is 6.35. The fourth-order valence-corrected chi connectivity index (χ4v) is 1.80. The van der Waals surface area contributed by atoms with Crippen LogP contribution in [0.2, 0.25) is 0 Å². The van der Waals surface area contributed by atoms with Gasteiger partial charge in [0.2, 0.25) is 5.91 Å². The maximum absolute atomic E-state index is 11.4. The summed E-state index contributed by atoms with van der Waals surface area (Å²) in [7, 11) is 2.04. The Hall–Kier alpha value is -1.29. The third-order valence-corrected chi connectivity index (χ3v) is 3.06. The van der Waals surface area contributed by atoms with Crippen LogP contribution in [0.15, 0.2) is 18.3 Å². The van der Waals surface area contributed by atoms with Gasteiger partial charge < -0.3 is 15.2 Å². The van der Waals surface area contributed by atoms with Crippen molar-refractivity contribution in [2.45, 2.75) is 38.3 Å². The van der Waals surface area contributed by atoms with Gasteiger partial charge in [-0.15, -0.1) is 0 Å². The van der Waals surface area contributed by atoms with Gasteiger partial charge in [-0.25, -0.2) is 0 Å². The largest absolute Gasteiger partial charge is 0.353 e. The van der Waals surface area contributed by atoms with E-state index in [1.807, 2.05) is 19.3 Å². The van der Waals surface area contributed by atoms with Crippen LogP contribution in [0.25, 0.3) is 0 Å². The van der Waals surface area contributed by atoms with E-state index in [9.17, 15) is 4.79 Å². The SMILES string of the molecule is Cn1cccc1CNCCCC(=O)NC1CC1. The average Bonchev–Trinajstić information content (AvgIpc) is 3.01. The highest BCUT2D eigenvalue weighted by Crippen LogP contribution is 2.18. The number of aromatic nitrogens is 1. The minimum absolute atomic E-state index is 0.202. The maximum atomic E-state index is 11.4. The van der Waals surface area contributed by atoms with E-state index in [-0.39, 0.29) is 5.91 Å². The van der Waals surface area contributed by atoms with E-state index in [4.69, 9.17) is 0 Å². The minimum Gasteiger partial charge on any atom is -0.353 e. The summed E-state index contributed by atoms with van der Waals surface area (Å²) in [5.41, 5.74) is 1.27. The molecular formula is C13H21N3O. The molecule has 0 saturated heterocycles. The predicted octanol–water partition coefficient (Wildman–Crippen LogP) is 1.17. The fourth-order valence-electron chi connectivity index (χ4n) is 1.80. The van der Waals surface area contributed by atoms with E-state index in [0.717, 1.165) is 32.4 Å². The average molecular weight is 235 g/mol. The van der Waals surface area contributed by atoms with Crippen LogP contribution < -0.4 is 10.6 Å². The van der Waals surface area contributed by atoms with E-state index < -0.39 is 0 Å². The number of carbonyl (C=O) groups excluding carboxylic acids is 1. The molecule has 1 aromatic heterocycles. The standard InChI is InChI=1S/C13H21N3O/c1-16-9-3-4-12(16)10-14-8-2-5-13(17)15-11-6-7-11/h3-4,9,11,14H,2,5-8,10H2,1H3,(H,15,17). The molecule has 0 atom stereocenters. The molecule has 1 amide bonds. The van der Waals surface area contributed by atoms with Crippen molar-refractivity contribution in [3.05, 3.63) is 24.0 Å². The summed E-state index contributed by atoms with van der Waals surface area (Å²) >= 11 is 0. The van der Waals surface area contributed by atoms with E-state index in [2.05, 4.69) is 21.3 Å². The van der Waals surface area contributed by atoms with Crippen LogP contribution in [0, 0.1) is 0 Å². The molecule has 4 nitrogen and oxygen atoms in total. The van der Waals surface area contributed by atoms with Gasteiger partial charge in [0.15, 0.2) is 0 Å². The van der Waals surface area contributed by atoms with E-state index in [1.54, 1.807) is 0 Å². The number of rotatable bonds is 7. The smallest absolute Gasteiger partial charge is 0.220 e. The lowest BCUT2D eigenvalue weighted by Crippen LogP contribution is -2.26. The van der Waals surface area contributed by atoms with Gasteiger partial charge in [-0.3, -0.25) is 4.79 Å². The van der Waals surface area contributed by atoms with Gasteiger partial charge in [0.05, 0.1) is 0 Å². The highest BCUT2D eigenvalue weighted by atomic mass is 16.1. The Morgan fingerprint density at radius 2 is 2.35 bits per heavy atom. The maximum Gasteiger partial charge on any atom is 0.220 e. The molecule has 4 heteroatoms. The molecule has 0 radical (unpaired) electrons. The topological polar surface area (TPSA) is 46.1 Å². The van der Waals surface area contributed by atoms with Gasteiger partial charge in [0.25, 0.3) is 0 Å². The highest BCUT2D eigenvalue weighted by Gasteiger charge is 2.22. The van der Waals surface area contributed by atoms with Crippen molar-refractivity contribution < 1.29 is 4.79 Å². The normalized spacial score (nSPS) is 14.9. The van der Waals surface area contributed by atoms with Crippen LogP contribution >= 0.6 is 0 Å². The quantitative estimate of drug-likeness (QED) is 0.697. The number of hydrogen-bond donors (Lipinski definition) is 2. The monoisotopic (exact) mass is 235 g/mol. The second kappa shape index (κ2) is 5.87. The number of hydrogen-bond acceptors (Lipinski definition) is 2. The van der Waals surface area contributed by atoms with Gasteiger partial charge >= 0.3 is 0 Å². The Morgan fingerprint density at radius 3 is 3.00 bits per heavy atom. The summed E-state index contributed by atoms with van der Waals surface area (Å²) in [5.74, 6) is 0.202. The van der Waals surface area contributed by atoms with Crippen LogP contribution in [0.3, 0.4) is 0 Å². The summed E-state index contributed by atoms with van der Waals surface area (Å²) in [6.07, 6.45) is 5.91. The molecule has 1 aliphatic carbocycles. The lowest BCUT2D eigenvalue weighted by atomic mass is 10.3. The lowest BCUT2D eigenvalue weighted by Gasteiger charge is -2.06. The highest BCUT2D eigenvalue weighted by molar-refractivity contribution is 5.76. The Kier molecular flexibility index (Phi) is 4.20. The predicted molar refractivity (Wildman–Crippen MR) is 67.5 cm³/mol. The van der Waals surface area contributed by atoms with Gasteiger partial charge in [0, 0.05) is 37.9 Å². The first-order chi connectivity index (χ1) is 8.25. The van der Waals surface area contributed by atoms with Crippen LogP contribution in [0.4, 0.5) is 0 Å².